The highest BCUT2D eigenvalue weighted by atomic mass is 35.5. The van der Waals surface area contributed by atoms with Gasteiger partial charge in [-0.2, -0.15) is 5.10 Å². The number of nitrogens with zero attached hydrogens (tertiary/aromatic N) is 2. The van der Waals surface area contributed by atoms with Crippen molar-refractivity contribution in [3.8, 4) is 0 Å². The number of aromatic nitrogens is 2. The number of rotatable bonds is 3. The third kappa shape index (κ3) is 2.20. The lowest BCUT2D eigenvalue weighted by molar-refractivity contribution is 0.535. The van der Waals surface area contributed by atoms with E-state index in [0.29, 0.717) is 17.2 Å². The van der Waals surface area contributed by atoms with Crippen LogP contribution in [0.1, 0.15) is 44.6 Å². The monoisotopic (exact) mass is 226 g/mol. The van der Waals surface area contributed by atoms with Crippen LogP contribution in [0.15, 0.2) is 12.4 Å². The molecule has 0 spiro atoms. The van der Waals surface area contributed by atoms with Gasteiger partial charge in [-0.3, -0.25) is 4.68 Å². The van der Waals surface area contributed by atoms with Gasteiger partial charge in [-0.15, -0.1) is 11.6 Å². The van der Waals surface area contributed by atoms with Crippen molar-refractivity contribution >= 4 is 11.6 Å². The molecule has 1 aliphatic rings. The van der Waals surface area contributed by atoms with Crippen molar-refractivity contribution in [2.24, 2.45) is 5.92 Å². The van der Waals surface area contributed by atoms with Gasteiger partial charge in [0.05, 0.1) is 6.20 Å². The van der Waals surface area contributed by atoms with Crippen LogP contribution in [0.3, 0.4) is 0 Å². The van der Waals surface area contributed by atoms with Crippen molar-refractivity contribution in [3.63, 3.8) is 0 Å². The Morgan fingerprint density at radius 3 is 2.93 bits per heavy atom. The minimum atomic E-state index is 0.351. The summed E-state index contributed by atoms with van der Waals surface area (Å²) in [6, 6.07) is 0. The first-order chi connectivity index (χ1) is 7.22. The molecule has 1 fully saturated rings. The Labute approximate surface area is 96.6 Å². The smallest absolute Gasteiger partial charge is 0.0524 e. The van der Waals surface area contributed by atoms with Crippen LogP contribution in [-0.2, 0) is 6.54 Å². The van der Waals surface area contributed by atoms with Crippen LogP contribution in [-0.4, -0.2) is 15.2 Å². The van der Waals surface area contributed by atoms with Crippen molar-refractivity contribution in [1.29, 1.82) is 0 Å². The van der Waals surface area contributed by atoms with E-state index in [1.165, 1.54) is 12.0 Å². The summed E-state index contributed by atoms with van der Waals surface area (Å²) in [5, 5.41) is 4.73. The molecule has 3 atom stereocenters. The quantitative estimate of drug-likeness (QED) is 0.723. The lowest BCUT2D eigenvalue weighted by atomic mass is 9.92. The van der Waals surface area contributed by atoms with Crippen molar-refractivity contribution in [2.75, 3.05) is 0 Å². The highest BCUT2D eigenvalue weighted by Gasteiger charge is 2.32. The molecular weight excluding hydrogens is 208 g/mol. The third-order valence-corrected chi connectivity index (χ3v) is 4.11. The number of halogens is 1. The van der Waals surface area contributed by atoms with E-state index in [2.05, 4.69) is 25.1 Å². The second-order valence-electron chi connectivity index (χ2n) is 4.60. The Morgan fingerprint density at radius 2 is 2.33 bits per heavy atom. The Balaban J connectivity index is 2.09. The normalized spacial score (nSPS) is 31.0. The van der Waals surface area contributed by atoms with Gasteiger partial charge in [-0.25, -0.2) is 0 Å². The van der Waals surface area contributed by atoms with E-state index in [9.17, 15) is 0 Å². The number of aryl methyl sites for hydroxylation is 1. The van der Waals surface area contributed by atoms with Gasteiger partial charge >= 0.3 is 0 Å². The molecule has 1 heterocycles. The van der Waals surface area contributed by atoms with Crippen molar-refractivity contribution in [1.82, 2.24) is 9.78 Å². The van der Waals surface area contributed by atoms with Crippen LogP contribution in [0, 0.1) is 5.92 Å². The molecule has 0 aliphatic heterocycles. The topological polar surface area (TPSA) is 17.8 Å². The highest BCUT2D eigenvalue weighted by Crippen LogP contribution is 2.41. The molecule has 3 heteroatoms. The summed E-state index contributed by atoms with van der Waals surface area (Å²) >= 11 is 6.25. The predicted octanol–water partition coefficient (Wildman–Crippen LogP) is 3.41. The summed E-state index contributed by atoms with van der Waals surface area (Å²) in [4.78, 5) is 0. The lowest BCUT2D eigenvalue weighted by Crippen LogP contribution is -2.08. The molecule has 1 aliphatic carbocycles. The molecule has 0 amide bonds. The van der Waals surface area contributed by atoms with Gasteiger partial charge in [0.1, 0.15) is 0 Å². The first kappa shape index (κ1) is 11.0. The van der Waals surface area contributed by atoms with E-state index < -0.39 is 0 Å². The van der Waals surface area contributed by atoms with E-state index in [4.69, 9.17) is 11.6 Å². The fourth-order valence-corrected chi connectivity index (χ4v) is 2.81. The van der Waals surface area contributed by atoms with E-state index in [1.54, 1.807) is 0 Å². The van der Waals surface area contributed by atoms with Gasteiger partial charge < -0.3 is 0 Å². The highest BCUT2D eigenvalue weighted by molar-refractivity contribution is 6.21. The number of hydrogen-bond acceptors (Lipinski definition) is 1. The van der Waals surface area contributed by atoms with Gasteiger partial charge in [0.2, 0.25) is 0 Å². The Morgan fingerprint density at radius 1 is 1.53 bits per heavy atom. The summed E-state index contributed by atoms with van der Waals surface area (Å²) < 4.78 is 2.05. The minimum absolute atomic E-state index is 0.351. The molecule has 15 heavy (non-hydrogen) atoms. The van der Waals surface area contributed by atoms with Crippen molar-refractivity contribution < 1.29 is 0 Å². The van der Waals surface area contributed by atoms with Crippen LogP contribution in [0.25, 0.3) is 0 Å². The van der Waals surface area contributed by atoms with Crippen LogP contribution >= 0.6 is 11.6 Å². The maximum Gasteiger partial charge on any atom is 0.0524 e. The maximum absolute atomic E-state index is 6.25. The van der Waals surface area contributed by atoms with Gasteiger partial charge in [0.25, 0.3) is 0 Å². The van der Waals surface area contributed by atoms with E-state index in [0.717, 1.165) is 19.4 Å². The molecule has 0 aromatic carbocycles. The summed E-state index contributed by atoms with van der Waals surface area (Å²) in [5.74, 6) is 1.21. The van der Waals surface area contributed by atoms with Gasteiger partial charge in [-0.1, -0.05) is 13.8 Å². The van der Waals surface area contributed by atoms with E-state index in [1.807, 2.05) is 10.9 Å². The molecule has 2 nitrogen and oxygen atoms in total. The molecular formula is C12H19ClN2. The second-order valence-corrected chi connectivity index (χ2v) is 5.16. The predicted molar refractivity (Wildman–Crippen MR) is 63.3 cm³/mol. The molecule has 1 aromatic heterocycles. The summed E-state index contributed by atoms with van der Waals surface area (Å²) in [6.07, 6.45) is 7.71. The summed E-state index contributed by atoms with van der Waals surface area (Å²) in [6.45, 7) is 5.45. The minimum Gasteiger partial charge on any atom is -0.272 e. The average Bonchev–Trinajstić information content (AvgIpc) is 2.77. The third-order valence-electron chi connectivity index (χ3n) is 3.49. The second kappa shape index (κ2) is 4.56. The zero-order valence-corrected chi connectivity index (χ0v) is 10.2. The molecule has 3 unspecified atom stereocenters. The van der Waals surface area contributed by atoms with E-state index in [-0.39, 0.29) is 0 Å². The summed E-state index contributed by atoms with van der Waals surface area (Å²) in [5.41, 5.74) is 1.37. The molecule has 1 aromatic rings. The Hall–Kier alpha value is -0.500. The number of alkyl halides is 1. The van der Waals surface area contributed by atoms with Crippen LogP contribution in [0.2, 0.25) is 0 Å². The Bertz CT molecular complexity index is 321. The largest absolute Gasteiger partial charge is 0.272 e. The molecule has 0 saturated heterocycles. The lowest BCUT2D eigenvalue weighted by Gasteiger charge is -2.14. The van der Waals surface area contributed by atoms with Crippen molar-refractivity contribution in [2.45, 2.75) is 50.9 Å². The zero-order chi connectivity index (χ0) is 10.8. The molecule has 2 rings (SSSR count). The standard InChI is InChI=1S/C12H19ClN2/c1-3-6-15-8-10(7-14-15)11-4-5-12(13)9(11)2/h7-9,11-12H,3-6H2,1-2H3. The maximum atomic E-state index is 6.25. The van der Waals surface area contributed by atoms with Gasteiger partial charge in [-0.05, 0) is 36.7 Å². The first-order valence-electron chi connectivity index (χ1n) is 5.88. The van der Waals surface area contributed by atoms with Crippen molar-refractivity contribution in [3.05, 3.63) is 18.0 Å². The zero-order valence-electron chi connectivity index (χ0n) is 9.49. The van der Waals surface area contributed by atoms with Gasteiger partial charge in [0.15, 0.2) is 0 Å². The molecule has 1 saturated carbocycles. The molecule has 84 valence electrons. The number of hydrogen-bond donors (Lipinski definition) is 0. The van der Waals surface area contributed by atoms with Crippen LogP contribution in [0.5, 0.6) is 0 Å². The summed E-state index contributed by atoms with van der Waals surface area (Å²) in [7, 11) is 0. The van der Waals surface area contributed by atoms with Crippen LogP contribution < -0.4 is 0 Å². The average molecular weight is 227 g/mol. The van der Waals surface area contributed by atoms with Gasteiger partial charge in [0, 0.05) is 18.1 Å². The molecule has 0 bridgehead atoms. The SMILES string of the molecule is CCCn1cc(C2CCC(Cl)C2C)cn1. The van der Waals surface area contributed by atoms with Crippen LogP contribution in [0.4, 0.5) is 0 Å². The fourth-order valence-electron chi connectivity index (χ4n) is 2.51. The van der Waals surface area contributed by atoms with E-state index >= 15 is 0 Å². The Kier molecular flexibility index (Phi) is 3.35. The fraction of sp³-hybridized carbons (Fsp3) is 0.750. The molecule has 0 radical (unpaired) electrons. The molecule has 0 N–H and O–H groups in total. The first-order valence-corrected chi connectivity index (χ1v) is 6.32.